The number of amides is 2. The number of pyridine rings is 1. The number of carbonyl (C=O) groups excluding carboxylic acids is 2. The molecule has 0 spiro atoms. The van der Waals surface area contributed by atoms with Crippen LogP contribution >= 0.6 is 0 Å². The molecule has 10 heteroatoms. The minimum atomic E-state index is -0.607. The second-order valence-electron chi connectivity index (χ2n) is 7.24. The third-order valence-corrected chi connectivity index (χ3v) is 5.45. The Balaban J connectivity index is 1.39. The number of hydrogen-bond donors (Lipinski definition) is 2. The SMILES string of the molecule is O=C1O[C@H](CO)CN1c1ccc(-c2ccc3c(c2)OC[C@H]2[C@H](CO)OC(=O)N32)cn1. The molecule has 2 N–H and O–H groups in total. The fraction of sp³-hybridized carbons (Fsp3) is 0.350. The molecule has 1 aromatic heterocycles. The summed E-state index contributed by atoms with van der Waals surface area (Å²) in [6, 6.07) is 8.60. The minimum absolute atomic E-state index is 0.230. The van der Waals surface area contributed by atoms with Crippen LogP contribution < -0.4 is 14.5 Å². The molecule has 3 aliphatic rings. The van der Waals surface area contributed by atoms with Crippen LogP contribution in [-0.4, -0.2) is 72.0 Å². The molecular weight excluding hydrogens is 394 g/mol. The van der Waals surface area contributed by atoms with E-state index in [1.165, 1.54) is 9.80 Å². The molecule has 2 aromatic rings. The lowest BCUT2D eigenvalue weighted by Crippen LogP contribution is -2.45. The monoisotopic (exact) mass is 413 g/mol. The maximum Gasteiger partial charge on any atom is 0.416 e. The Labute approximate surface area is 171 Å². The minimum Gasteiger partial charge on any atom is -0.489 e. The van der Waals surface area contributed by atoms with Gasteiger partial charge >= 0.3 is 12.2 Å². The summed E-state index contributed by atoms with van der Waals surface area (Å²) in [4.78, 5) is 31.3. The Morgan fingerprint density at radius 2 is 1.87 bits per heavy atom. The van der Waals surface area contributed by atoms with Crippen molar-refractivity contribution in [2.24, 2.45) is 0 Å². The first-order valence-corrected chi connectivity index (χ1v) is 9.52. The van der Waals surface area contributed by atoms with Gasteiger partial charge in [-0.3, -0.25) is 9.80 Å². The van der Waals surface area contributed by atoms with Crippen LogP contribution in [0.4, 0.5) is 21.1 Å². The molecule has 156 valence electrons. The van der Waals surface area contributed by atoms with Crippen LogP contribution in [0, 0.1) is 0 Å². The van der Waals surface area contributed by atoms with Crippen LogP contribution in [0.1, 0.15) is 0 Å². The highest BCUT2D eigenvalue weighted by Crippen LogP contribution is 2.41. The summed E-state index contributed by atoms with van der Waals surface area (Å²) in [5, 5.41) is 18.6. The van der Waals surface area contributed by atoms with Crippen molar-refractivity contribution in [1.29, 1.82) is 0 Å². The van der Waals surface area contributed by atoms with Crippen LogP contribution in [0.25, 0.3) is 11.1 Å². The summed E-state index contributed by atoms with van der Waals surface area (Å²) < 4.78 is 16.1. The predicted molar refractivity (Wildman–Crippen MR) is 103 cm³/mol. The van der Waals surface area contributed by atoms with E-state index in [-0.39, 0.29) is 32.4 Å². The zero-order valence-electron chi connectivity index (χ0n) is 15.8. The van der Waals surface area contributed by atoms with Crippen molar-refractivity contribution >= 4 is 23.7 Å². The van der Waals surface area contributed by atoms with E-state index in [2.05, 4.69) is 4.98 Å². The number of aromatic nitrogens is 1. The summed E-state index contributed by atoms with van der Waals surface area (Å²) >= 11 is 0. The summed E-state index contributed by atoms with van der Waals surface area (Å²) in [6.07, 6.45) is -0.562. The number of hydrogen-bond acceptors (Lipinski definition) is 8. The summed E-state index contributed by atoms with van der Waals surface area (Å²) in [6.45, 7) is -0.0186. The number of aliphatic hydroxyl groups excluding tert-OH is 2. The first kappa shape index (κ1) is 18.6. The van der Waals surface area contributed by atoms with Crippen molar-refractivity contribution in [3.8, 4) is 16.9 Å². The Bertz CT molecular complexity index is 996. The van der Waals surface area contributed by atoms with Gasteiger partial charge in [-0.15, -0.1) is 0 Å². The van der Waals surface area contributed by atoms with Crippen molar-refractivity contribution in [2.75, 3.05) is 36.2 Å². The number of anilines is 2. The van der Waals surface area contributed by atoms with Crippen molar-refractivity contribution in [3.05, 3.63) is 36.5 Å². The van der Waals surface area contributed by atoms with Crippen molar-refractivity contribution in [3.63, 3.8) is 0 Å². The van der Waals surface area contributed by atoms with Gasteiger partial charge in [0.1, 0.15) is 30.3 Å². The molecule has 0 aliphatic carbocycles. The van der Waals surface area contributed by atoms with E-state index in [1.54, 1.807) is 18.3 Å². The average molecular weight is 413 g/mol. The molecule has 1 aromatic carbocycles. The predicted octanol–water partition coefficient (Wildman–Crippen LogP) is 1.14. The van der Waals surface area contributed by atoms with Gasteiger partial charge in [0.15, 0.2) is 6.10 Å². The second-order valence-corrected chi connectivity index (χ2v) is 7.24. The second kappa shape index (κ2) is 7.15. The highest BCUT2D eigenvalue weighted by molar-refractivity contribution is 5.94. The number of cyclic esters (lactones) is 2. The van der Waals surface area contributed by atoms with Gasteiger partial charge in [-0.05, 0) is 29.8 Å². The highest BCUT2D eigenvalue weighted by atomic mass is 16.6. The van der Waals surface area contributed by atoms with E-state index >= 15 is 0 Å². The number of aliphatic hydroxyl groups is 2. The molecule has 0 saturated carbocycles. The van der Waals surface area contributed by atoms with E-state index in [1.807, 2.05) is 18.2 Å². The summed E-state index contributed by atoms with van der Waals surface area (Å²) in [5.41, 5.74) is 2.22. The molecule has 0 radical (unpaired) electrons. The number of ether oxygens (including phenoxy) is 3. The quantitative estimate of drug-likeness (QED) is 0.766. The average Bonchev–Trinajstić information content (AvgIpc) is 3.32. The molecular formula is C20H19N3O7. The van der Waals surface area contributed by atoms with E-state index in [0.717, 1.165) is 11.1 Å². The summed E-state index contributed by atoms with van der Waals surface area (Å²) in [5.74, 6) is 0.976. The molecule has 0 bridgehead atoms. The van der Waals surface area contributed by atoms with Crippen LogP contribution in [-0.2, 0) is 9.47 Å². The largest absolute Gasteiger partial charge is 0.489 e. The van der Waals surface area contributed by atoms with Gasteiger partial charge in [0.2, 0.25) is 0 Å². The molecule has 2 fully saturated rings. The fourth-order valence-corrected chi connectivity index (χ4v) is 3.89. The number of rotatable bonds is 4. The molecule has 30 heavy (non-hydrogen) atoms. The molecule has 3 atom stereocenters. The molecule has 3 aliphatic heterocycles. The van der Waals surface area contributed by atoms with Crippen molar-refractivity contribution in [1.82, 2.24) is 4.98 Å². The van der Waals surface area contributed by atoms with Gasteiger partial charge < -0.3 is 24.4 Å². The lowest BCUT2D eigenvalue weighted by Gasteiger charge is -2.31. The van der Waals surface area contributed by atoms with E-state index in [0.29, 0.717) is 17.3 Å². The number of benzene rings is 1. The van der Waals surface area contributed by atoms with Gasteiger partial charge in [0.05, 0.1) is 25.4 Å². The molecule has 0 unspecified atom stereocenters. The van der Waals surface area contributed by atoms with Gasteiger partial charge in [-0.2, -0.15) is 0 Å². The highest BCUT2D eigenvalue weighted by Gasteiger charge is 2.46. The third-order valence-electron chi connectivity index (χ3n) is 5.45. The van der Waals surface area contributed by atoms with Crippen LogP contribution in [0.15, 0.2) is 36.5 Å². The maximum absolute atomic E-state index is 12.2. The number of carbonyl (C=O) groups is 2. The van der Waals surface area contributed by atoms with E-state index < -0.39 is 24.4 Å². The first-order chi connectivity index (χ1) is 14.6. The Morgan fingerprint density at radius 3 is 2.57 bits per heavy atom. The van der Waals surface area contributed by atoms with Crippen LogP contribution in [0.2, 0.25) is 0 Å². The zero-order chi connectivity index (χ0) is 20.8. The number of nitrogens with zero attached hydrogens (tertiary/aromatic N) is 3. The number of fused-ring (bicyclic) bond motifs is 3. The van der Waals surface area contributed by atoms with Gasteiger partial charge in [-0.1, -0.05) is 6.07 Å². The fourth-order valence-electron chi connectivity index (χ4n) is 3.89. The Kier molecular flexibility index (Phi) is 4.44. The van der Waals surface area contributed by atoms with E-state index in [9.17, 15) is 14.7 Å². The Hall–Kier alpha value is -3.37. The van der Waals surface area contributed by atoms with Crippen molar-refractivity contribution in [2.45, 2.75) is 18.2 Å². The molecule has 2 saturated heterocycles. The summed E-state index contributed by atoms with van der Waals surface area (Å²) in [7, 11) is 0. The first-order valence-electron chi connectivity index (χ1n) is 9.52. The lowest BCUT2D eigenvalue weighted by atomic mass is 10.0. The molecule has 2 amide bonds. The molecule has 4 heterocycles. The van der Waals surface area contributed by atoms with E-state index in [4.69, 9.17) is 19.3 Å². The van der Waals surface area contributed by atoms with Gasteiger partial charge in [0, 0.05) is 11.8 Å². The van der Waals surface area contributed by atoms with Crippen LogP contribution in [0.3, 0.4) is 0 Å². The maximum atomic E-state index is 12.2. The van der Waals surface area contributed by atoms with Crippen molar-refractivity contribution < 1.29 is 34.0 Å². The normalized spacial score (nSPS) is 24.8. The van der Waals surface area contributed by atoms with Crippen LogP contribution in [0.5, 0.6) is 5.75 Å². The zero-order valence-corrected chi connectivity index (χ0v) is 15.8. The third kappa shape index (κ3) is 2.92. The molecule has 10 nitrogen and oxygen atoms in total. The van der Waals surface area contributed by atoms with Gasteiger partial charge in [0.25, 0.3) is 0 Å². The molecule has 5 rings (SSSR count). The topological polar surface area (TPSA) is 122 Å². The lowest BCUT2D eigenvalue weighted by molar-refractivity contribution is 0.0734. The smallest absolute Gasteiger partial charge is 0.416 e. The Morgan fingerprint density at radius 1 is 1.03 bits per heavy atom. The standard InChI is InChI=1S/C20H19N3O7/c24-8-13-7-22(19(26)29-13)18-4-2-12(6-21-18)11-1-3-14-16(5-11)28-10-15-17(9-25)30-20(27)23(14)15/h1-6,13,15,17,24-25H,7-10H2/t13-,15-,17-/m0/s1. The van der Waals surface area contributed by atoms with Gasteiger partial charge in [-0.25, -0.2) is 14.6 Å².